The number of carbonyl (C=O) groups excluding carboxylic acids is 1. The summed E-state index contributed by atoms with van der Waals surface area (Å²) in [7, 11) is 3.13. The monoisotopic (exact) mass is 351 g/mol. The lowest BCUT2D eigenvalue weighted by Gasteiger charge is -2.20. The van der Waals surface area contributed by atoms with Gasteiger partial charge in [-0.1, -0.05) is 6.07 Å². The molecule has 0 aliphatic carbocycles. The molecular formula is C20H17NO5. The lowest BCUT2D eigenvalue weighted by atomic mass is 9.95. The van der Waals surface area contributed by atoms with Crippen LogP contribution in [-0.4, -0.2) is 31.8 Å². The van der Waals surface area contributed by atoms with Crippen molar-refractivity contribution in [2.24, 2.45) is 0 Å². The van der Waals surface area contributed by atoms with Crippen LogP contribution in [0, 0.1) is 0 Å². The molecule has 132 valence electrons. The molecule has 0 aromatic heterocycles. The number of hydrogen-bond donors (Lipinski definition) is 0. The van der Waals surface area contributed by atoms with Crippen LogP contribution in [0.5, 0.6) is 23.0 Å². The van der Waals surface area contributed by atoms with E-state index in [0.29, 0.717) is 23.5 Å². The third-order valence-corrected chi connectivity index (χ3v) is 5.18. The summed E-state index contributed by atoms with van der Waals surface area (Å²) in [4.78, 5) is 14.8. The van der Waals surface area contributed by atoms with Crippen molar-refractivity contribution >= 4 is 12.0 Å². The minimum Gasteiger partial charge on any atom is -0.493 e. The number of rotatable bonds is 2. The number of ether oxygens (including phenoxy) is 4. The minimum atomic E-state index is -0.0878. The van der Waals surface area contributed by atoms with Gasteiger partial charge in [0.05, 0.1) is 25.8 Å². The molecule has 1 amide bonds. The van der Waals surface area contributed by atoms with Crippen molar-refractivity contribution in [1.29, 1.82) is 0 Å². The summed E-state index contributed by atoms with van der Waals surface area (Å²) in [5.74, 6) is 2.47. The first-order chi connectivity index (χ1) is 12.7. The Morgan fingerprint density at radius 2 is 1.92 bits per heavy atom. The van der Waals surface area contributed by atoms with Crippen molar-refractivity contribution in [3.63, 3.8) is 0 Å². The van der Waals surface area contributed by atoms with Gasteiger partial charge in [-0.2, -0.15) is 0 Å². The van der Waals surface area contributed by atoms with E-state index in [-0.39, 0.29) is 18.7 Å². The van der Waals surface area contributed by atoms with E-state index in [1.807, 2.05) is 36.5 Å². The van der Waals surface area contributed by atoms with Crippen molar-refractivity contribution in [3.05, 3.63) is 52.7 Å². The third-order valence-electron chi connectivity index (χ3n) is 5.18. The maximum absolute atomic E-state index is 13.1. The Labute approximate surface area is 150 Å². The molecule has 6 nitrogen and oxygen atoms in total. The van der Waals surface area contributed by atoms with Gasteiger partial charge < -0.3 is 23.8 Å². The van der Waals surface area contributed by atoms with Crippen molar-refractivity contribution in [2.75, 3.05) is 21.0 Å². The smallest absolute Gasteiger partial charge is 0.262 e. The Kier molecular flexibility index (Phi) is 3.16. The second kappa shape index (κ2) is 5.42. The molecule has 0 saturated carbocycles. The van der Waals surface area contributed by atoms with Gasteiger partial charge in [-0.05, 0) is 47.4 Å². The minimum absolute atomic E-state index is 0.0788. The molecule has 0 saturated heterocycles. The summed E-state index contributed by atoms with van der Waals surface area (Å²) in [5.41, 5.74) is 3.68. The van der Waals surface area contributed by atoms with E-state index in [0.717, 1.165) is 28.2 Å². The zero-order valence-electron chi connectivity index (χ0n) is 14.4. The molecule has 3 aliphatic heterocycles. The summed E-state index contributed by atoms with van der Waals surface area (Å²) < 4.78 is 21.8. The first-order valence-electron chi connectivity index (χ1n) is 8.39. The molecule has 26 heavy (non-hydrogen) atoms. The predicted molar refractivity (Wildman–Crippen MR) is 93.8 cm³/mol. The highest BCUT2D eigenvalue weighted by Gasteiger charge is 2.40. The average Bonchev–Trinajstić information content (AvgIpc) is 3.15. The van der Waals surface area contributed by atoms with Gasteiger partial charge in [0.1, 0.15) is 0 Å². The topological polar surface area (TPSA) is 57.2 Å². The SMILES string of the molecule is COc1ccc2c(c1OC)C(=O)N1C=Cc3cc4c(cc3CC21)OCO4. The number of hydrogen-bond acceptors (Lipinski definition) is 5. The zero-order valence-corrected chi connectivity index (χ0v) is 14.4. The van der Waals surface area contributed by atoms with Crippen LogP contribution in [0.1, 0.15) is 33.1 Å². The molecule has 0 N–H and O–H groups in total. The number of fused-ring (bicyclic) bond motifs is 5. The molecule has 3 heterocycles. The van der Waals surface area contributed by atoms with E-state index in [2.05, 4.69) is 0 Å². The van der Waals surface area contributed by atoms with Crippen molar-refractivity contribution < 1.29 is 23.7 Å². The normalized spacial score (nSPS) is 18.9. The van der Waals surface area contributed by atoms with Crippen molar-refractivity contribution in [1.82, 2.24) is 4.90 Å². The summed E-state index contributed by atoms with van der Waals surface area (Å²) in [6.07, 6.45) is 4.48. The molecule has 2 aromatic carbocycles. The molecule has 3 aliphatic rings. The third kappa shape index (κ3) is 1.95. The van der Waals surface area contributed by atoms with Gasteiger partial charge >= 0.3 is 0 Å². The van der Waals surface area contributed by atoms with Crippen LogP contribution >= 0.6 is 0 Å². The number of carbonyl (C=O) groups is 1. The lowest BCUT2D eigenvalue weighted by Crippen LogP contribution is -2.22. The molecule has 6 heteroatoms. The van der Waals surface area contributed by atoms with E-state index in [9.17, 15) is 4.79 Å². The van der Waals surface area contributed by atoms with Crippen LogP contribution in [-0.2, 0) is 6.42 Å². The van der Waals surface area contributed by atoms with Crippen LogP contribution < -0.4 is 18.9 Å². The highest BCUT2D eigenvalue weighted by Crippen LogP contribution is 2.47. The molecule has 1 unspecified atom stereocenters. The fourth-order valence-electron chi connectivity index (χ4n) is 3.94. The van der Waals surface area contributed by atoms with Crippen molar-refractivity contribution in [3.8, 4) is 23.0 Å². The Bertz CT molecular complexity index is 965. The molecular weight excluding hydrogens is 334 g/mol. The largest absolute Gasteiger partial charge is 0.493 e. The standard InChI is InChI=1S/C20H17NO5/c1-23-15-4-3-13-14-7-12-9-17-16(25-10-26-17)8-11(12)5-6-21(14)20(22)18(13)19(15)24-2/h3-6,8-9,14H,7,10H2,1-2H3. The van der Waals surface area contributed by atoms with Crippen molar-refractivity contribution in [2.45, 2.75) is 12.5 Å². The van der Waals surface area contributed by atoms with Crippen LogP contribution in [0.15, 0.2) is 30.5 Å². The Hall–Kier alpha value is -3.15. The van der Waals surface area contributed by atoms with Gasteiger partial charge in [-0.15, -0.1) is 0 Å². The lowest BCUT2D eigenvalue weighted by molar-refractivity contribution is 0.0806. The number of methoxy groups -OCH3 is 2. The predicted octanol–water partition coefficient (Wildman–Crippen LogP) is 3.16. The van der Waals surface area contributed by atoms with Gasteiger partial charge in [-0.3, -0.25) is 4.79 Å². The van der Waals surface area contributed by atoms with Crippen LogP contribution in [0.3, 0.4) is 0 Å². The number of amides is 1. The first-order valence-corrected chi connectivity index (χ1v) is 8.39. The Morgan fingerprint density at radius 3 is 2.69 bits per heavy atom. The second-order valence-electron chi connectivity index (χ2n) is 6.42. The van der Waals surface area contributed by atoms with Gasteiger partial charge in [0.25, 0.3) is 5.91 Å². The fraction of sp³-hybridized carbons (Fsp3) is 0.250. The zero-order chi connectivity index (χ0) is 17.8. The summed E-state index contributed by atoms with van der Waals surface area (Å²) >= 11 is 0. The van der Waals surface area contributed by atoms with Gasteiger partial charge in [0.2, 0.25) is 6.79 Å². The quantitative estimate of drug-likeness (QED) is 0.832. The summed E-state index contributed by atoms with van der Waals surface area (Å²) in [5, 5.41) is 0. The maximum atomic E-state index is 13.1. The number of benzene rings is 2. The average molecular weight is 351 g/mol. The van der Waals surface area contributed by atoms with E-state index >= 15 is 0 Å². The molecule has 5 rings (SSSR count). The molecule has 0 spiro atoms. The van der Waals surface area contributed by atoms with Crippen LogP contribution in [0.25, 0.3) is 6.08 Å². The second-order valence-corrected chi connectivity index (χ2v) is 6.42. The fourth-order valence-corrected chi connectivity index (χ4v) is 3.94. The van der Waals surface area contributed by atoms with Crippen LogP contribution in [0.4, 0.5) is 0 Å². The van der Waals surface area contributed by atoms with E-state index in [4.69, 9.17) is 18.9 Å². The summed E-state index contributed by atoms with van der Waals surface area (Å²) in [6, 6.07) is 7.69. The number of nitrogens with zero attached hydrogens (tertiary/aromatic N) is 1. The van der Waals surface area contributed by atoms with E-state index < -0.39 is 0 Å². The molecule has 1 atom stereocenters. The van der Waals surface area contributed by atoms with Gasteiger partial charge in [0, 0.05) is 6.20 Å². The Morgan fingerprint density at radius 1 is 1.12 bits per heavy atom. The van der Waals surface area contributed by atoms with Crippen LogP contribution in [0.2, 0.25) is 0 Å². The van der Waals surface area contributed by atoms with E-state index in [1.54, 1.807) is 19.1 Å². The van der Waals surface area contributed by atoms with Gasteiger partial charge in [0.15, 0.2) is 23.0 Å². The maximum Gasteiger partial charge on any atom is 0.262 e. The van der Waals surface area contributed by atoms with E-state index in [1.165, 1.54) is 0 Å². The molecule has 0 fully saturated rings. The Balaban J connectivity index is 1.64. The highest BCUT2D eigenvalue weighted by molar-refractivity contribution is 6.03. The molecule has 2 aromatic rings. The van der Waals surface area contributed by atoms with Gasteiger partial charge in [-0.25, -0.2) is 0 Å². The molecule has 0 radical (unpaired) electrons. The first kappa shape index (κ1) is 15.1. The molecule has 0 bridgehead atoms. The highest BCUT2D eigenvalue weighted by atomic mass is 16.7. The summed E-state index contributed by atoms with van der Waals surface area (Å²) in [6.45, 7) is 0.246.